The summed E-state index contributed by atoms with van der Waals surface area (Å²) in [6, 6.07) is 9.41. The quantitative estimate of drug-likeness (QED) is 0.604. The number of rotatable bonds is 6. The van der Waals surface area contributed by atoms with Gasteiger partial charge in [-0.05, 0) is 67.1 Å². The lowest BCUT2D eigenvalue weighted by molar-refractivity contribution is -0.115. The van der Waals surface area contributed by atoms with E-state index in [9.17, 15) is 9.59 Å². The van der Waals surface area contributed by atoms with Crippen molar-refractivity contribution in [1.29, 1.82) is 0 Å². The molecule has 1 aromatic heterocycles. The number of hydrogen-bond donors (Lipinski definition) is 2. The summed E-state index contributed by atoms with van der Waals surface area (Å²) >= 11 is 0. The molecular formula is C25H29N3O3. The van der Waals surface area contributed by atoms with Crippen LogP contribution in [-0.2, 0) is 11.2 Å². The highest BCUT2D eigenvalue weighted by molar-refractivity contribution is 6.01. The maximum absolute atomic E-state index is 13.0. The molecule has 4 rings (SSSR count). The second-order valence-electron chi connectivity index (χ2n) is 8.64. The van der Waals surface area contributed by atoms with Gasteiger partial charge >= 0.3 is 0 Å². The number of hydrogen-bond acceptors (Lipinski definition) is 4. The van der Waals surface area contributed by atoms with E-state index in [0.29, 0.717) is 17.2 Å². The van der Waals surface area contributed by atoms with Gasteiger partial charge in [0.15, 0.2) is 0 Å². The van der Waals surface area contributed by atoms with E-state index in [1.807, 2.05) is 12.1 Å². The number of carbonyl (C=O) groups excluding carboxylic acids is 2. The van der Waals surface area contributed by atoms with E-state index in [1.165, 1.54) is 11.1 Å². The summed E-state index contributed by atoms with van der Waals surface area (Å²) in [5, 5.41) is 3.97. The van der Waals surface area contributed by atoms with Gasteiger partial charge in [-0.25, -0.2) is 0 Å². The van der Waals surface area contributed by atoms with Crippen molar-refractivity contribution in [3.8, 4) is 0 Å². The third kappa shape index (κ3) is 4.29. The van der Waals surface area contributed by atoms with Crippen LogP contribution in [-0.4, -0.2) is 24.9 Å². The second kappa shape index (κ2) is 8.46. The number of nitrogens with two attached hydrogens (primary N) is 1. The maximum Gasteiger partial charge on any atom is 0.248 e. The van der Waals surface area contributed by atoms with Crippen molar-refractivity contribution in [1.82, 2.24) is 0 Å². The fourth-order valence-electron chi connectivity index (χ4n) is 4.39. The molecule has 1 aliphatic rings. The Morgan fingerprint density at radius 1 is 1.16 bits per heavy atom. The molecular weight excluding hydrogens is 390 g/mol. The zero-order valence-corrected chi connectivity index (χ0v) is 18.3. The van der Waals surface area contributed by atoms with Gasteiger partial charge in [0.1, 0.15) is 5.58 Å². The second-order valence-corrected chi connectivity index (χ2v) is 8.64. The van der Waals surface area contributed by atoms with Crippen molar-refractivity contribution < 1.29 is 14.0 Å². The number of amides is 2. The first kappa shape index (κ1) is 21.0. The molecule has 2 heterocycles. The van der Waals surface area contributed by atoms with Gasteiger partial charge < -0.3 is 20.4 Å². The van der Waals surface area contributed by atoms with Gasteiger partial charge in [0.2, 0.25) is 11.8 Å². The molecule has 3 aromatic rings. The number of carbonyl (C=O) groups is 2. The molecule has 0 spiro atoms. The minimum atomic E-state index is -0.513. The first-order chi connectivity index (χ1) is 14.8. The summed E-state index contributed by atoms with van der Waals surface area (Å²) < 4.78 is 5.72. The highest BCUT2D eigenvalue weighted by atomic mass is 16.3. The number of nitrogens with one attached hydrogen (secondary N) is 1. The van der Waals surface area contributed by atoms with Crippen molar-refractivity contribution in [2.24, 2.45) is 5.73 Å². The molecule has 0 saturated carbocycles. The largest absolute Gasteiger partial charge is 0.464 e. The SMILES string of the molecule is Cc1cc2occ(CC(=O)Nc3cc(C(N)=O)ccc3N3CCCC3)c2cc1C(C)C. The Balaban J connectivity index is 1.61. The van der Waals surface area contributed by atoms with Crippen molar-refractivity contribution in [2.75, 3.05) is 23.3 Å². The number of furan rings is 1. The topological polar surface area (TPSA) is 88.6 Å². The molecule has 1 saturated heterocycles. The minimum absolute atomic E-state index is 0.156. The van der Waals surface area contributed by atoms with Crippen molar-refractivity contribution >= 4 is 34.2 Å². The summed E-state index contributed by atoms with van der Waals surface area (Å²) in [7, 11) is 0. The normalized spacial score (nSPS) is 13.9. The monoisotopic (exact) mass is 419 g/mol. The molecule has 2 aromatic carbocycles. The van der Waals surface area contributed by atoms with Gasteiger partial charge in [-0.3, -0.25) is 9.59 Å². The highest BCUT2D eigenvalue weighted by Gasteiger charge is 2.20. The Morgan fingerprint density at radius 3 is 2.58 bits per heavy atom. The van der Waals surface area contributed by atoms with Crippen molar-refractivity contribution in [2.45, 2.75) is 46.0 Å². The molecule has 6 nitrogen and oxygen atoms in total. The first-order valence-electron chi connectivity index (χ1n) is 10.8. The van der Waals surface area contributed by atoms with E-state index in [-0.39, 0.29) is 12.3 Å². The zero-order valence-electron chi connectivity index (χ0n) is 18.3. The number of aryl methyl sites for hydroxylation is 1. The first-order valence-corrected chi connectivity index (χ1v) is 10.8. The summed E-state index contributed by atoms with van der Waals surface area (Å²) in [4.78, 5) is 26.9. The predicted octanol–water partition coefficient (Wildman–Crippen LogP) is 4.74. The lowest BCUT2D eigenvalue weighted by Gasteiger charge is -2.22. The van der Waals surface area contributed by atoms with Gasteiger partial charge in [0.05, 0.1) is 24.1 Å². The van der Waals surface area contributed by atoms with E-state index in [2.05, 4.69) is 37.1 Å². The van der Waals surface area contributed by atoms with Crippen LogP contribution in [0.25, 0.3) is 11.0 Å². The van der Waals surface area contributed by atoms with E-state index < -0.39 is 5.91 Å². The van der Waals surface area contributed by atoms with Crippen LogP contribution in [0.5, 0.6) is 0 Å². The van der Waals surface area contributed by atoms with Gasteiger partial charge in [0, 0.05) is 29.6 Å². The van der Waals surface area contributed by atoms with Crippen LogP contribution in [0.4, 0.5) is 11.4 Å². The smallest absolute Gasteiger partial charge is 0.248 e. The van der Waals surface area contributed by atoms with Crippen molar-refractivity contribution in [3.05, 3.63) is 58.8 Å². The molecule has 0 atom stereocenters. The van der Waals surface area contributed by atoms with Gasteiger partial charge in [0.25, 0.3) is 0 Å². The van der Waals surface area contributed by atoms with Crippen LogP contribution in [0.3, 0.4) is 0 Å². The van der Waals surface area contributed by atoms with E-state index in [0.717, 1.165) is 48.2 Å². The molecule has 0 radical (unpaired) electrons. The molecule has 0 unspecified atom stereocenters. The number of benzene rings is 2. The summed E-state index contributed by atoms with van der Waals surface area (Å²) in [5.74, 6) is -0.280. The lowest BCUT2D eigenvalue weighted by atomic mass is 9.95. The van der Waals surface area contributed by atoms with Crippen LogP contribution in [0, 0.1) is 6.92 Å². The molecule has 6 heteroatoms. The van der Waals surface area contributed by atoms with Crippen LogP contribution < -0.4 is 16.0 Å². The average Bonchev–Trinajstić information content (AvgIpc) is 3.37. The lowest BCUT2D eigenvalue weighted by Crippen LogP contribution is -2.22. The van der Waals surface area contributed by atoms with Crippen LogP contribution >= 0.6 is 0 Å². The molecule has 2 amide bonds. The molecule has 31 heavy (non-hydrogen) atoms. The number of anilines is 2. The van der Waals surface area contributed by atoms with E-state index in [4.69, 9.17) is 10.2 Å². The molecule has 1 aliphatic heterocycles. The van der Waals surface area contributed by atoms with Crippen LogP contribution in [0.1, 0.15) is 59.7 Å². The minimum Gasteiger partial charge on any atom is -0.464 e. The molecule has 0 aliphatic carbocycles. The zero-order chi connectivity index (χ0) is 22.1. The van der Waals surface area contributed by atoms with Gasteiger partial charge in [-0.1, -0.05) is 13.8 Å². The predicted molar refractivity (Wildman–Crippen MR) is 124 cm³/mol. The fraction of sp³-hybridized carbons (Fsp3) is 0.360. The van der Waals surface area contributed by atoms with Gasteiger partial charge in [-0.2, -0.15) is 0 Å². The fourth-order valence-corrected chi connectivity index (χ4v) is 4.39. The molecule has 1 fully saturated rings. The maximum atomic E-state index is 13.0. The third-order valence-electron chi connectivity index (χ3n) is 6.02. The Morgan fingerprint density at radius 2 is 1.90 bits per heavy atom. The Labute approximate surface area is 182 Å². The molecule has 0 bridgehead atoms. The number of primary amides is 1. The Bertz CT molecular complexity index is 1140. The number of fused-ring (bicyclic) bond motifs is 1. The van der Waals surface area contributed by atoms with Crippen LogP contribution in [0.2, 0.25) is 0 Å². The molecule has 162 valence electrons. The van der Waals surface area contributed by atoms with Gasteiger partial charge in [-0.15, -0.1) is 0 Å². The third-order valence-corrected chi connectivity index (χ3v) is 6.02. The van der Waals surface area contributed by atoms with Crippen molar-refractivity contribution in [3.63, 3.8) is 0 Å². The van der Waals surface area contributed by atoms with E-state index >= 15 is 0 Å². The summed E-state index contributed by atoms with van der Waals surface area (Å²) in [6.07, 6.45) is 4.08. The Kier molecular flexibility index (Phi) is 5.72. The summed E-state index contributed by atoms with van der Waals surface area (Å²) in [6.45, 7) is 8.26. The number of nitrogens with zero attached hydrogens (tertiary/aromatic N) is 1. The summed E-state index contributed by atoms with van der Waals surface area (Å²) in [5.41, 5.74) is 11.5. The molecule has 3 N–H and O–H groups in total. The Hall–Kier alpha value is -3.28. The average molecular weight is 420 g/mol. The van der Waals surface area contributed by atoms with E-state index in [1.54, 1.807) is 18.4 Å². The van der Waals surface area contributed by atoms with Crippen LogP contribution in [0.15, 0.2) is 41.0 Å². The highest BCUT2D eigenvalue weighted by Crippen LogP contribution is 2.32. The standard InChI is InChI=1S/C25H29N3O3/c1-15(2)19-13-20-18(14-31-23(20)10-16(19)3)12-24(29)27-21-11-17(25(26)30)6-7-22(21)28-8-4-5-9-28/h6-7,10-11,13-15H,4-5,8-9,12H2,1-3H3,(H2,26,30)(H,27,29).